The minimum atomic E-state index is -0.833. The topological polar surface area (TPSA) is 163 Å². The third kappa shape index (κ3) is 10.5. The zero-order valence-electron chi connectivity index (χ0n) is 27.7. The molecule has 0 amide bonds. The lowest BCUT2D eigenvalue weighted by Gasteiger charge is -2.41. The van der Waals surface area contributed by atoms with Crippen LogP contribution in [0.2, 0.25) is 0 Å². The van der Waals surface area contributed by atoms with Gasteiger partial charge in [0.15, 0.2) is 5.65 Å². The van der Waals surface area contributed by atoms with Crippen LogP contribution in [-0.2, 0) is 16.0 Å². The van der Waals surface area contributed by atoms with E-state index in [9.17, 15) is 0 Å². The standard InChI is InChI=1S/C31H40N8.2C2H4O2/c1-37-18-20-38(21-19-37)26-13-15-27(16-14-26)39-31-28(30(32)34-22-35-31)29(36-39)24-9-11-25(12-10-24)33-17-5-8-23-6-3-2-4-7-23;2*1-2(3)4/h2-4,6-7,9-12,22,26-27,33H,5,8,13-21H2,1H3,(H2,32,34,35);2*1H3,(H,3,4). The molecule has 0 radical (unpaired) electrons. The fraction of sp³-hybridized carbons (Fsp3) is 0.457. The van der Waals surface area contributed by atoms with Crippen molar-refractivity contribution >= 4 is 34.5 Å². The van der Waals surface area contributed by atoms with E-state index >= 15 is 0 Å². The highest BCUT2D eigenvalue weighted by molar-refractivity contribution is 5.98. The van der Waals surface area contributed by atoms with E-state index in [4.69, 9.17) is 30.6 Å². The number of carboxylic acid groups (broad SMARTS) is 2. The average molecular weight is 645 g/mol. The second kappa shape index (κ2) is 17.4. The maximum atomic E-state index is 9.00. The van der Waals surface area contributed by atoms with Gasteiger partial charge < -0.3 is 26.2 Å². The van der Waals surface area contributed by atoms with E-state index in [1.807, 2.05) is 0 Å². The first kappa shape index (κ1) is 35.3. The number of nitrogen functional groups attached to an aromatic ring is 1. The molecule has 0 atom stereocenters. The number of aliphatic carboxylic acids is 2. The third-order valence-corrected chi connectivity index (χ3v) is 8.56. The van der Waals surface area contributed by atoms with Gasteiger partial charge in [-0.25, -0.2) is 14.6 Å². The number of hydrogen-bond acceptors (Lipinski definition) is 9. The smallest absolute Gasteiger partial charge is 0.300 e. The number of anilines is 2. The number of nitrogens with one attached hydrogen (secondary N) is 1. The summed E-state index contributed by atoms with van der Waals surface area (Å²) in [6, 6.07) is 20.2. The van der Waals surface area contributed by atoms with Gasteiger partial charge in [0.25, 0.3) is 11.9 Å². The number of likely N-dealkylation sites (N-methyl/N-ethyl adjacent to an activating group) is 1. The molecule has 0 bridgehead atoms. The van der Waals surface area contributed by atoms with Crippen LogP contribution >= 0.6 is 0 Å². The van der Waals surface area contributed by atoms with Gasteiger partial charge in [-0.15, -0.1) is 0 Å². The van der Waals surface area contributed by atoms with Crippen LogP contribution in [0.1, 0.15) is 57.6 Å². The lowest BCUT2D eigenvalue weighted by Crippen LogP contribution is -2.49. The molecule has 2 fully saturated rings. The molecule has 3 heterocycles. The number of benzene rings is 2. The Labute approximate surface area is 276 Å². The number of piperazine rings is 1. The highest BCUT2D eigenvalue weighted by atomic mass is 16.4. The first-order chi connectivity index (χ1) is 22.6. The minimum Gasteiger partial charge on any atom is -0.481 e. The normalized spacial score (nSPS) is 18.4. The summed E-state index contributed by atoms with van der Waals surface area (Å²) in [5, 5.41) is 24.4. The van der Waals surface area contributed by atoms with Crippen molar-refractivity contribution in [3.8, 4) is 11.3 Å². The monoisotopic (exact) mass is 644 g/mol. The van der Waals surface area contributed by atoms with Gasteiger partial charge in [-0.2, -0.15) is 5.10 Å². The zero-order valence-corrected chi connectivity index (χ0v) is 27.7. The second-order valence-corrected chi connectivity index (χ2v) is 12.2. The number of carboxylic acids is 2. The molecule has 252 valence electrons. The molecule has 12 nitrogen and oxygen atoms in total. The molecule has 4 aromatic rings. The fourth-order valence-electron chi connectivity index (χ4n) is 6.22. The highest BCUT2D eigenvalue weighted by Gasteiger charge is 2.30. The predicted octanol–water partition coefficient (Wildman–Crippen LogP) is 5.03. The Bertz CT molecular complexity index is 1540. The Balaban J connectivity index is 0.000000564. The van der Waals surface area contributed by atoms with Crippen LogP contribution in [0.4, 0.5) is 11.5 Å². The quantitative estimate of drug-likeness (QED) is 0.190. The van der Waals surface area contributed by atoms with Gasteiger partial charge in [0.2, 0.25) is 0 Å². The second-order valence-electron chi connectivity index (χ2n) is 12.2. The van der Waals surface area contributed by atoms with Gasteiger partial charge in [-0.05, 0) is 63.3 Å². The fourth-order valence-corrected chi connectivity index (χ4v) is 6.22. The summed E-state index contributed by atoms with van der Waals surface area (Å²) in [5.74, 6) is -1.17. The Morgan fingerprint density at radius 3 is 2.09 bits per heavy atom. The van der Waals surface area contributed by atoms with E-state index in [1.165, 1.54) is 44.6 Å². The van der Waals surface area contributed by atoms with E-state index in [0.717, 1.165) is 74.1 Å². The number of hydrogen-bond donors (Lipinski definition) is 4. The number of fused-ring (bicyclic) bond motifs is 1. The number of aryl methyl sites for hydroxylation is 1. The summed E-state index contributed by atoms with van der Waals surface area (Å²) in [5.41, 5.74) is 11.7. The van der Waals surface area contributed by atoms with Gasteiger partial charge in [-0.3, -0.25) is 14.5 Å². The SMILES string of the molecule is CC(=O)O.CC(=O)O.CN1CCN(C2CCC(n3nc(-c4ccc(NCCCc5ccccc5)cc4)c4c(N)ncnc43)CC2)CC1. The Morgan fingerprint density at radius 2 is 1.47 bits per heavy atom. The number of rotatable bonds is 8. The van der Waals surface area contributed by atoms with Crippen molar-refractivity contribution in [1.82, 2.24) is 29.5 Å². The van der Waals surface area contributed by atoms with Crippen LogP contribution in [0.5, 0.6) is 0 Å². The molecule has 2 aromatic carbocycles. The zero-order chi connectivity index (χ0) is 33.8. The number of nitrogens with zero attached hydrogens (tertiary/aromatic N) is 6. The summed E-state index contributed by atoms with van der Waals surface area (Å²) in [6.45, 7) is 7.81. The van der Waals surface area contributed by atoms with Crippen molar-refractivity contribution in [2.75, 3.05) is 50.8 Å². The van der Waals surface area contributed by atoms with Crippen molar-refractivity contribution < 1.29 is 19.8 Å². The van der Waals surface area contributed by atoms with Crippen molar-refractivity contribution in [2.45, 2.75) is 64.5 Å². The summed E-state index contributed by atoms with van der Waals surface area (Å²) < 4.78 is 2.14. The van der Waals surface area contributed by atoms with Crippen molar-refractivity contribution in [3.05, 3.63) is 66.5 Å². The predicted molar refractivity (Wildman–Crippen MR) is 185 cm³/mol. The van der Waals surface area contributed by atoms with E-state index in [-0.39, 0.29) is 0 Å². The Kier molecular flexibility index (Phi) is 13.1. The van der Waals surface area contributed by atoms with Gasteiger partial charge in [0.1, 0.15) is 17.8 Å². The van der Waals surface area contributed by atoms with E-state index in [0.29, 0.717) is 17.9 Å². The number of aromatic nitrogens is 4. The van der Waals surface area contributed by atoms with Crippen LogP contribution in [-0.4, -0.2) is 97.5 Å². The molecule has 1 saturated heterocycles. The lowest BCUT2D eigenvalue weighted by atomic mass is 9.90. The summed E-state index contributed by atoms with van der Waals surface area (Å²) >= 11 is 0. The van der Waals surface area contributed by atoms with Crippen LogP contribution < -0.4 is 11.1 Å². The van der Waals surface area contributed by atoms with Crippen LogP contribution in [0.3, 0.4) is 0 Å². The Hall–Kier alpha value is -4.55. The van der Waals surface area contributed by atoms with Crippen LogP contribution in [0, 0.1) is 0 Å². The van der Waals surface area contributed by atoms with Crippen molar-refractivity contribution in [3.63, 3.8) is 0 Å². The molecule has 47 heavy (non-hydrogen) atoms. The van der Waals surface area contributed by atoms with Crippen LogP contribution in [0.15, 0.2) is 60.9 Å². The number of nitrogens with two attached hydrogens (primary N) is 1. The lowest BCUT2D eigenvalue weighted by molar-refractivity contribution is -0.135. The Morgan fingerprint density at radius 1 is 0.872 bits per heavy atom. The third-order valence-electron chi connectivity index (χ3n) is 8.56. The molecule has 2 aromatic heterocycles. The average Bonchev–Trinajstić information content (AvgIpc) is 3.45. The van der Waals surface area contributed by atoms with Crippen molar-refractivity contribution in [1.29, 1.82) is 0 Å². The molecule has 1 aliphatic carbocycles. The van der Waals surface area contributed by atoms with Gasteiger partial charge in [0, 0.05) is 63.9 Å². The molecular weight excluding hydrogens is 596 g/mol. The van der Waals surface area contributed by atoms with E-state index in [2.05, 4.69) is 91.4 Å². The summed E-state index contributed by atoms with van der Waals surface area (Å²) in [4.78, 5) is 32.1. The first-order valence-electron chi connectivity index (χ1n) is 16.3. The first-order valence-corrected chi connectivity index (χ1v) is 16.3. The molecule has 1 aliphatic heterocycles. The molecule has 5 N–H and O–H groups in total. The largest absolute Gasteiger partial charge is 0.481 e. The molecule has 6 rings (SSSR count). The maximum Gasteiger partial charge on any atom is 0.300 e. The highest BCUT2D eigenvalue weighted by Crippen LogP contribution is 2.37. The molecule has 12 heteroatoms. The van der Waals surface area contributed by atoms with Gasteiger partial charge >= 0.3 is 0 Å². The summed E-state index contributed by atoms with van der Waals surface area (Å²) in [6.07, 6.45) is 8.37. The maximum absolute atomic E-state index is 9.00. The van der Waals surface area contributed by atoms with Gasteiger partial charge in [-0.1, -0.05) is 42.5 Å². The number of carbonyl (C=O) groups is 2. The van der Waals surface area contributed by atoms with Crippen molar-refractivity contribution in [2.24, 2.45) is 0 Å². The summed E-state index contributed by atoms with van der Waals surface area (Å²) in [7, 11) is 2.22. The minimum absolute atomic E-state index is 0.338. The van der Waals surface area contributed by atoms with Crippen LogP contribution in [0.25, 0.3) is 22.3 Å². The molecule has 0 unspecified atom stereocenters. The van der Waals surface area contributed by atoms with Gasteiger partial charge in [0.05, 0.1) is 11.4 Å². The molecule has 2 aliphatic rings. The molecule has 1 saturated carbocycles. The molecular formula is C35H48N8O4. The van der Waals surface area contributed by atoms with E-state index in [1.54, 1.807) is 6.33 Å². The molecule has 0 spiro atoms. The van der Waals surface area contributed by atoms with E-state index < -0.39 is 11.9 Å².